The van der Waals surface area contributed by atoms with Crippen LogP contribution in [0.5, 0.6) is 0 Å². The van der Waals surface area contributed by atoms with Crippen molar-refractivity contribution in [3.05, 3.63) is 60.4 Å². The van der Waals surface area contributed by atoms with Crippen molar-refractivity contribution in [2.75, 3.05) is 6.54 Å². The third-order valence-corrected chi connectivity index (χ3v) is 3.10. The Morgan fingerprint density at radius 1 is 1.05 bits per heavy atom. The summed E-state index contributed by atoms with van der Waals surface area (Å²) in [6, 6.07) is 13.6. The van der Waals surface area contributed by atoms with Crippen LogP contribution in [0.2, 0.25) is 0 Å². The van der Waals surface area contributed by atoms with Gasteiger partial charge in [-0.3, -0.25) is 4.79 Å². The highest BCUT2D eigenvalue weighted by molar-refractivity contribution is 6.06. The SMILES string of the molecule is O=C(NCCn1nccn1)c1cccc2ccccc12. The zero-order valence-corrected chi connectivity index (χ0v) is 10.9. The van der Waals surface area contributed by atoms with Gasteiger partial charge in [-0.25, -0.2) is 0 Å². The molecule has 1 aromatic heterocycles. The van der Waals surface area contributed by atoms with Crippen molar-refractivity contribution >= 4 is 16.7 Å². The molecule has 0 bridgehead atoms. The van der Waals surface area contributed by atoms with Gasteiger partial charge in [0.2, 0.25) is 0 Å². The second-order valence-corrected chi connectivity index (χ2v) is 4.41. The monoisotopic (exact) mass is 266 g/mol. The largest absolute Gasteiger partial charge is 0.350 e. The molecule has 5 nitrogen and oxygen atoms in total. The number of benzene rings is 2. The molecule has 20 heavy (non-hydrogen) atoms. The number of fused-ring (bicyclic) bond motifs is 1. The van der Waals surface area contributed by atoms with Gasteiger partial charge in [-0.1, -0.05) is 36.4 Å². The van der Waals surface area contributed by atoms with Crippen LogP contribution in [0.4, 0.5) is 0 Å². The van der Waals surface area contributed by atoms with Crippen molar-refractivity contribution in [2.24, 2.45) is 0 Å². The van der Waals surface area contributed by atoms with Crippen LogP contribution in [0, 0.1) is 0 Å². The lowest BCUT2D eigenvalue weighted by atomic mass is 10.0. The lowest BCUT2D eigenvalue weighted by Gasteiger charge is -2.07. The Morgan fingerprint density at radius 3 is 2.65 bits per heavy atom. The Kier molecular flexibility index (Phi) is 3.41. The minimum absolute atomic E-state index is 0.0750. The van der Waals surface area contributed by atoms with Crippen LogP contribution in [-0.2, 0) is 6.54 Å². The second kappa shape index (κ2) is 5.52. The standard InChI is InChI=1S/C15H14N4O/c20-15(16-10-11-19-17-8-9-18-19)14-7-3-5-12-4-1-2-6-13(12)14/h1-9H,10-11H2,(H,16,20). The van der Waals surface area contributed by atoms with E-state index >= 15 is 0 Å². The highest BCUT2D eigenvalue weighted by atomic mass is 16.1. The van der Waals surface area contributed by atoms with Gasteiger partial charge in [-0.15, -0.1) is 0 Å². The first-order valence-electron chi connectivity index (χ1n) is 6.45. The summed E-state index contributed by atoms with van der Waals surface area (Å²) in [5.41, 5.74) is 0.691. The Hall–Kier alpha value is -2.69. The number of nitrogens with one attached hydrogen (secondary N) is 1. The quantitative estimate of drug-likeness (QED) is 0.784. The van der Waals surface area contributed by atoms with E-state index in [0.717, 1.165) is 10.8 Å². The van der Waals surface area contributed by atoms with E-state index < -0.39 is 0 Å². The number of carbonyl (C=O) groups excluding carboxylic acids is 1. The summed E-state index contributed by atoms with van der Waals surface area (Å²) in [5.74, 6) is -0.0750. The van der Waals surface area contributed by atoms with Gasteiger partial charge in [0.1, 0.15) is 0 Å². The molecule has 0 saturated carbocycles. The van der Waals surface area contributed by atoms with E-state index in [1.807, 2.05) is 42.5 Å². The molecule has 1 N–H and O–H groups in total. The molecular weight excluding hydrogens is 252 g/mol. The van der Waals surface area contributed by atoms with Gasteiger partial charge >= 0.3 is 0 Å². The zero-order chi connectivity index (χ0) is 13.8. The van der Waals surface area contributed by atoms with E-state index in [4.69, 9.17) is 0 Å². The average molecular weight is 266 g/mol. The number of hydrogen-bond donors (Lipinski definition) is 1. The van der Waals surface area contributed by atoms with Crippen LogP contribution in [0.1, 0.15) is 10.4 Å². The van der Waals surface area contributed by atoms with E-state index in [-0.39, 0.29) is 5.91 Å². The molecule has 0 atom stereocenters. The van der Waals surface area contributed by atoms with Crippen molar-refractivity contribution in [1.82, 2.24) is 20.3 Å². The molecule has 0 fully saturated rings. The number of amides is 1. The van der Waals surface area contributed by atoms with Crippen LogP contribution in [0.15, 0.2) is 54.9 Å². The summed E-state index contributed by atoms with van der Waals surface area (Å²) in [6.07, 6.45) is 3.24. The molecule has 0 aliphatic heterocycles. The minimum atomic E-state index is -0.0750. The molecule has 1 heterocycles. The first-order valence-corrected chi connectivity index (χ1v) is 6.45. The first-order chi connectivity index (χ1) is 9.84. The maximum Gasteiger partial charge on any atom is 0.251 e. The normalized spacial score (nSPS) is 10.6. The van der Waals surface area contributed by atoms with Gasteiger partial charge in [0.05, 0.1) is 18.9 Å². The summed E-state index contributed by atoms with van der Waals surface area (Å²) in [4.78, 5) is 13.8. The zero-order valence-electron chi connectivity index (χ0n) is 10.9. The second-order valence-electron chi connectivity index (χ2n) is 4.41. The lowest BCUT2D eigenvalue weighted by molar-refractivity contribution is 0.0953. The predicted octanol–water partition coefficient (Wildman–Crippen LogP) is 1.86. The molecule has 3 aromatic rings. The van der Waals surface area contributed by atoms with Crippen molar-refractivity contribution in [1.29, 1.82) is 0 Å². The molecule has 0 aliphatic carbocycles. The smallest absolute Gasteiger partial charge is 0.251 e. The van der Waals surface area contributed by atoms with E-state index in [9.17, 15) is 4.79 Å². The van der Waals surface area contributed by atoms with Crippen LogP contribution in [0.3, 0.4) is 0 Å². The summed E-state index contributed by atoms with van der Waals surface area (Å²) < 4.78 is 0. The van der Waals surface area contributed by atoms with E-state index in [1.54, 1.807) is 17.2 Å². The maximum absolute atomic E-state index is 12.2. The molecule has 2 aromatic carbocycles. The molecule has 0 saturated heterocycles. The van der Waals surface area contributed by atoms with Gasteiger partial charge < -0.3 is 5.32 Å². The highest BCUT2D eigenvalue weighted by Crippen LogP contribution is 2.18. The average Bonchev–Trinajstić information content (AvgIpc) is 3.00. The van der Waals surface area contributed by atoms with Gasteiger partial charge in [-0.05, 0) is 16.8 Å². The number of hydrogen-bond acceptors (Lipinski definition) is 3. The molecule has 1 amide bonds. The molecule has 3 rings (SSSR count). The minimum Gasteiger partial charge on any atom is -0.350 e. The molecule has 0 unspecified atom stereocenters. The van der Waals surface area contributed by atoms with Crippen LogP contribution < -0.4 is 5.32 Å². The molecule has 5 heteroatoms. The fourth-order valence-electron chi connectivity index (χ4n) is 2.15. The molecule has 0 aliphatic rings. The van der Waals surface area contributed by atoms with Crippen molar-refractivity contribution in [2.45, 2.75) is 6.54 Å². The molecular formula is C15H14N4O. The van der Waals surface area contributed by atoms with Crippen molar-refractivity contribution < 1.29 is 4.79 Å². The van der Waals surface area contributed by atoms with Crippen LogP contribution >= 0.6 is 0 Å². The predicted molar refractivity (Wildman–Crippen MR) is 76.3 cm³/mol. The van der Waals surface area contributed by atoms with Crippen LogP contribution in [0.25, 0.3) is 10.8 Å². The number of carbonyl (C=O) groups is 1. The number of rotatable bonds is 4. The lowest BCUT2D eigenvalue weighted by Crippen LogP contribution is -2.28. The summed E-state index contributed by atoms with van der Waals surface area (Å²) in [5, 5.41) is 12.9. The van der Waals surface area contributed by atoms with Gasteiger partial charge in [0, 0.05) is 12.1 Å². The highest BCUT2D eigenvalue weighted by Gasteiger charge is 2.08. The van der Waals surface area contributed by atoms with Crippen LogP contribution in [-0.4, -0.2) is 27.4 Å². The van der Waals surface area contributed by atoms with E-state index in [0.29, 0.717) is 18.7 Å². The van der Waals surface area contributed by atoms with Crippen molar-refractivity contribution in [3.63, 3.8) is 0 Å². The molecule has 100 valence electrons. The summed E-state index contributed by atoms with van der Waals surface area (Å²) in [7, 11) is 0. The molecule has 0 radical (unpaired) electrons. The maximum atomic E-state index is 12.2. The Balaban J connectivity index is 1.72. The Labute approximate surface area is 116 Å². The summed E-state index contributed by atoms with van der Waals surface area (Å²) in [6.45, 7) is 1.06. The van der Waals surface area contributed by atoms with Gasteiger partial charge in [0.25, 0.3) is 5.91 Å². The van der Waals surface area contributed by atoms with Gasteiger partial charge in [0.15, 0.2) is 0 Å². The summed E-state index contributed by atoms with van der Waals surface area (Å²) >= 11 is 0. The van der Waals surface area contributed by atoms with Gasteiger partial charge in [-0.2, -0.15) is 15.0 Å². The third-order valence-electron chi connectivity index (χ3n) is 3.10. The van der Waals surface area contributed by atoms with E-state index in [2.05, 4.69) is 15.5 Å². The topological polar surface area (TPSA) is 59.8 Å². The Morgan fingerprint density at radius 2 is 1.80 bits per heavy atom. The fraction of sp³-hybridized carbons (Fsp3) is 0.133. The number of nitrogens with zero attached hydrogens (tertiary/aromatic N) is 3. The first kappa shape index (κ1) is 12.3. The fourth-order valence-corrected chi connectivity index (χ4v) is 2.15. The third kappa shape index (κ3) is 2.51. The number of aromatic nitrogens is 3. The van der Waals surface area contributed by atoms with Crippen molar-refractivity contribution in [3.8, 4) is 0 Å². The molecule has 0 spiro atoms. The Bertz CT molecular complexity index is 716. The van der Waals surface area contributed by atoms with E-state index in [1.165, 1.54) is 0 Å².